The molecule has 0 aliphatic heterocycles. The van der Waals surface area contributed by atoms with Crippen molar-refractivity contribution in [3.05, 3.63) is 35.5 Å². The van der Waals surface area contributed by atoms with Crippen LogP contribution in [0.3, 0.4) is 0 Å². The average Bonchev–Trinajstić information content (AvgIpc) is 2.66. The van der Waals surface area contributed by atoms with Gasteiger partial charge in [-0.3, -0.25) is 4.40 Å². The van der Waals surface area contributed by atoms with Crippen LogP contribution in [0.15, 0.2) is 18.3 Å². The molecule has 0 amide bonds. The van der Waals surface area contributed by atoms with E-state index in [9.17, 15) is 9.18 Å². The molecule has 0 aliphatic rings. The topological polar surface area (TPSA) is 43.6 Å². The standard InChI is InChI=1S/C12H13FN2O2/c1-3-9-11(12(16)17-4-2)15-6-5-8(13)7-10(15)14-9/h5-7H,3-4H2,1-2H3. The normalized spacial score (nSPS) is 10.8. The van der Waals surface area contributed by atoms with E-state index in [-0.39, 0.29) is 5.82 Å². The summed E-state index contributed by atoms with van der Waals surface area (Å²) in [6.07, 6.45) is 2.08. The maximum atomic E-state index is 13.1. The van der Waals surface area contributed by atoms with Crippen molar-refractivity contribution in [2.75, 3.05) is 6.61 Å². The first-order valence-electron chi connectivity index (χ1n) is 5.51. The Balaban J connectivity index is 2.62. The molecule has 0 atom stereocenters. The van der Waals surface area contributed by atoms with Crippen LogP contribution in [0.4, 0.5) is 4.39 Å². The molecule has 4 nitrogen and oxygen atoms in total. The van der Waals surface area contributed by atoms with Gasteiger partial charge in [0.1, 0.15) is 11.5 Å². The fourth-order valence-corrected chi connectivity index (χ4v) is 1.73. The Morgan fingerprint density at radius 1 is 1.53 bits per heavy atom. The van der Waals surface area contributed by atoms with E-state index in [1.54, 1.807) is 11.3 Å². The van der Waals surface area contributed by atoms with Gasteiger partial charge in [-0.05, 0) is 19.4 Å². The second-order valence-corrected chi connectivity index (χ2v) is 3.55. The number of imidazole rings is 1. The molecule has 0 fully saturated rings. The quantitative estimate of drug-likeness (QED) is 0.767. The fraction of sp³-hybridized carbons (Fsp3) is 0.333. The maximum Gasteiger partial charge on any atom is 0.357 e. The third-order valence-electron chi connectivity index (χ3n) is 2.46. The predicted octanol–water partition coefficient (Wildman–Crippen LogP) is 2.21. The van der Waals surface area contributed by atoms with Crippen molar-refractivity contribution in [1.82, 2.24) is 9.38 Å². The van der Waals surface area contributed by atoms with Gasteiger partial charge in [0.15, 0.2) is 5.69 Å². The van der Waals surface area contributed by atoms with Crippen LogP contribution in [0.25, 0.3) is 5.65 Å². The van der Waals surface area contributed by atoms with Crippen LogP contribution in [0.1, 0.15) is 30.0 Å². The van der Waals surface area contributed by atoms with Crippen LogP contribution in [0.5, 0.6) is 0 Å². The number of carbonyl (C=O) groups excluding carboxylic acids is 1. The van der Waals surface area contributed by atoms with E-state index in [4.69, 9.17) is 4.74 Å². The number of pyridine rings is 1. The molecule has 0 unspecified atom stereocenters. The molecule has 90 valence electrons. The molecule has 5 heteroatoms. The summed E-state index contributed by atoms with van der Waals surface area (Å²) in [6.45, 7) is 3.93. The predicted molar refractivity (Wildman–Crippen MR) is 60.5 cm³/mol. The van der Waals surface area contributed by atoms with Crippen molar-refractivity contribution in [2.24, 2.45) is 0 Å². The maximum absolute atomic E-state index is 13.1. The average molecular weight is 236 g/mol. The first kappa shape index (κ1) is 11.6. The Kier molecular flexibility index (Phi) is 3.08. The van der Waals surface area contributed by atoms with Crippen LogP contribution in [-0.4, -0.2) is 22.0 Å². The Bertz CT molecular complexity index is 563. The van der Waals surface area contributed by atoms with Gasteiger partial charge in [-0.15, -0.1) is 0 Å². The minimum Gasteiger partial charge on any atom is -0.461 e. The van der Waals surface area contributed by atoms with Gasteiger partial charge < -0.3 is 4.74 Å². The van der Waals surface area contributed by atoms with Crippen LogP contribution < -0.4 is 0 Å². The van der Waals surface area contributed by atoms with E-state index in [1.165, 1.54) is 18.3 Å². The van der Waals surface area contributed by atoms with E-state index in [1.807, 2.05) is 6.92 Å². The molecular weight excluding hydrogens is 223 g/mol. The molecule has 2 aromatic heterocycles. The van der Waals surface area contributed by atoms with E-state index in [0.717, 1.165) is 0 Å². The highest BCUT2D eigenvalue weighted by Gasteiger charge is 2.19. The zero-order valence-corrected chi connectivity index (χ0v) is 9.74. The van der Waals surface area contributed by atoms with Crippen molar-refractivity contribution < 1.29 is 13.9 Å². The lowest BCUT2D eigenvalue weighted by Crippen LogP contribution is -2.10. The summed E-state index contributed by atoms with van der Waals surface area (Å²) in [7, 11) is 0. The van der Waals surface area contributed by atoms with Crippen LogP contribution in [0.2, 0.25) is 0 Å². The van der Waals surface area contributed by atoms with Gasteiger partial charge in [-0.1, -0.05) is 6.92 Å². The lowest BCUT2D eigenvalue weighted by atomic mass is 10.2. The zero-order chi connectivity index (χ0) is 12.4. The number of aryl methyl sites for hydroxylation is 1. The molecule has 2 aromatic rings. The number of ether oxygens (including phenoxy) is 1. The van der Waals surface area contributed by atoms with Gasteiger partial charge in [-0.25, -0.2) is 14.2 Å². The molecule has 2 rings (SSSR count). The second kappa shape index (κ2) is 4.53. The van der Waals surface area contributed by atoms with E-state index >= 15 is 0 Å². The van der Waals surface area contributed by atoms with E-state index < -0.39 is 5.97 Å². The number of aromatic nitrogens is 2. The molecule has 0 saturated carbocycles. The Morgan fingerprint density at radius 3 is 2.94 bits per heavy atom. The summed E-state index contributed by atoms with van der Waals surface area (Å²) < 4.78 is 19.6. The van der Waals surface area contributed by atoms with Crippen molar-refractivity contribution >= 4 is 11.6 Å². The highest BCUT2D eigenvalue weighted by Crippen LogP contribution is 2.15. The largest absolute Gasteiger partial charge is 0.461 e. The number of nitrogens with zero attached hydrogens (tertiary/aromatic N) is 2. The number of esters is 1. The fourth-order valence-electron chi connectivity index (χ4n) is 1.73. The third-order valence-corrected chi connectivity index (χ3v) is 2.46. The molecule has 0 spiro atoms. The summed E-state index contributed by atoms with van der Waals surface area (Å²) in [5, 5.41) is 0. The molecule has 0 aliphatic carbocycles. The van der Waals surface area contributed by atoms with E-state index in [2.05, 4.69) is 4.98 Å². The molecular formula is C12H13FN2O2. The number of hydrogen-bond donors (Lipinski definition) is 0. The summed E-state index contributed by atoms with van der Waals surface area (Å²) in [5.41, 5.74) is 1.42. The van der Waals surface area contributed by atoms with Crippen molar-refractivity contribution in [3.63, 3.8) is 0 Å². The van der Waals surface area contributed by atoms with Crippen molar-refractivity contribution in [3.8, 4) is 0 Å². The molecule has 0 radical (unpaired) electrons. The Hall–Kier alpha value is -1.91. The zero-order valence-electron chi connectivity index (χ0n) is 9.74. The van der Waals surface area contributed by atoms with Crippen molar-refractivity contribution in [2.45, 2.75) is 20.3 Å². The minimum atomic E-state index is -0.427. The second-order valence-electron chi connectivity index (χ2n) is 3.55. The van der Waals surface area contributed by atoms with E-state index in [0.29, 0.717) is 30.1 Å². The first-order chi connectivity index (χ1) is 8.17. The van der Waals surface area contributed by atoms with Gasteiger partial charge in [0.25, 0.3) is 0 Å². The molecule has 0 bridgehead atoms. The van der Waals surface area contributed by atoms with Crippen LogP contribution in [-0.2, 0) is 11.2 Å². The first-order valence-corrected chi connectivity index (χ1v) is 5.51. The number of rotatable bonds is 3. The highest BCUT2D eigenvalue weighted by molar-refractivity contribution is 5.90. The Morgan fingerprint density at radius 2 is 2.29 bits per heavy atom. The van der Waals surface area contributed by atoms with Gasteiger partial charge in [-0.2, -0.15) is 0 Å². The molecule has 2 heterocycles. The summed E-state index contributed by atoms with van der Waals surface area (Å²) in [5.74, 6) is -0.802. The van der Waals surface area contributed by atoms with Gasteiger partial charge in [0.2, 0.25) is 0 Å². The number of halogens is 1. The lowest BCUT2D eigenvalue weighted by Gasteiger charge is -2.03. The number of fused-ring (bicyclic) bond motifs is 1. The van der Waals surface area contributed by atoms with Crippen molar-refractivity contribution in [1.29, 1.82) is 0 Å². The monoisotopic (exact) mass is 236 g/mol. The van der Waals surface area contributed by atoms with Gasteiger partial charge in [0.05, 0.1) is 12.3 Å². The summed E-state index contributed by atoms with van der Waals surface area (Å²) in [6, 6.07) is 2.58. The third kappa shape index (κ3) is 2.00. The van der Waals surface area contributed by atoms with Gasteiger partial charge >= 0.3 is 5.97 Å². The van der Waals surface area contributed by atoms with Crippen LogP contribution >= 0.6 is 0 Å². The minimum absolute atomic E-state index is 0.302. The smallest absolute Gasteiger partial charge is 0.357 e. The molecule has 0 N–H and O–H groups in total. The Labute approximate surface area is 98.0 Å². The SMILES string of the molecule is CCOC(=O)c1c(CC)nc2cc(F)ccn12. The molecule has 0 saturated heterocycles. The number of carbonyl (C=O) groups is 1. The highest BCUT2D eigenvalue weighted by atomic mass is 19.1. The van der Waals surface area contributed by atoms with Gasteiger partial charge in [0, 0.05) is 12.3 Å². The molecule has 0 aromatic carbocycles. The number of hydrogen-bond acceptors (Lipinski definition) is 3. The molecule has 17 heavy (non-hydrogen) atoms. The van der Waals surface area contributed by atoms with Crippen LogP contribution in [0, 0.1) is 5.82 Å². The summed E-state index contributed by atoms with van der Waals surface area (Å²) >= 11 is 0. The lowest BCUT2D eigenvalue weighted by molar-refractivity contribution is 0.0517. The summed E-state index contributed by atoms with van der Waals surface area (Å²) in [4.78, 5) is 16.0.